The second kappa shape index (κ2) is 19.6. The number of nitrogens with zero attached hydrogens (tertiary/aromatic N) is 2. The van der Waals surface area contributed by atoms with E-state index in [1.165, 1.54) is 106 Å². The molecule has 1 heterocycles. The van der Waals surface area contributed by atoms with Crippen molar-refractivity contribution in [3.05, 3.63) is 257 Å². The second-order valence-electron chi connectivity index (χ2n) is 18.9. The van der Waals surface area contributed by atoms with E-state index in [1.54, 1.807) is 0 Å². The summed E-state index contributed by atoms with van der Waals surface area (Å²) in [4.78, 5) is 2.46. The Hall–Kier alpha value is -7.94. The lowest BCUT2D eigenvalue weighted by Gasteiger charge is -2.29. The summed E-state index contributed by atoms with van der Waals surface area (Å²) in [5, 5.41) is 1.32. The minimum atomic E-state index is -0.101. The Kier molecular flexibility index (Phi) is 12.8. The molecule has 0 atom stereocenters. The van der Waals surface area contributed by atoms with Crippen molar-refractivity contribution >= 4 is 34.0 Å². The summed E-state index contributed by atoms with van der Waals surface area (Å²) in [7, 11) is 0. The SMILES string of the molecule is CC.Cc1cccc(-c2ccc(N(c3ccc(-c4ccccc4)cc3)c3cccc4c3-c3ccccc3C4(C)C)cc2)c1-c1ccc2c3c(n(-c4ccccc4)c2c1C)CCC=C3.Cc1ccccc1. The number of para-hydroxylation sites is 1. The first-order chi connectivity index (χ1) is 34.3. The number of aromatic nitrogens is 1. The van der Waals surface area contributed by atoms with Gasteiger partial charge in [0.1, 0.15) is 0 Å². The van der Waals surface area contributed by atoms with Gasteiger partial charge in [-0.2, -0.15) is 0 Å². The fraction of sp³-hybridized carbons (Fsp3) is 0.147. The summed E-state index contributed by atoms with van der Waals surface area (Å²) in [6.45, 7) is 15.4. The summed E-state index contributed by atoms with van der Waals surface area (Å²) in [6.07, 6.45) is 6.77. The summed E-state index contributed by atoms with van der Waals surface area (Å²) in [5.41, 5.74) is 25.3. The average Bonchev–Trinajstić information content (AvgIpc) is 3.88. The van der Waals surface area contributed by atoms with Crippen LogP contribution in [0.4, 0.5) is 17.1 Å². The molecule has 1 aromatic heterocycles. The molecule has 344 valence electrons. The largest absolute Gasteiger partial charge is 0.313 e. The third-order valence-electron chi connectivity index (χ3n) is 14.4. The van der Waals surface area contributed by atoms with Gasteiger partial charge in [0, 0.05) is 44.7 Å². The maximum absolute atomic E-state index is 2.53. The van der Waals surface area contributed by atoms with Gasteiger partial charge in [-0.05, 0) is 137 Å². The fourth-order valence-electron chi connectivity index (χ4n) is 11.0. The molecule has 2 heteroatoms. The van der Waals surface area contributed by atoms with Crippen LogP contribution in [-0.2, 0) is 11.8 Å². The molecule has 2 aliphatic carbocycles. The quantitative estimate of drug-likeness (QED) is 0.155. The minimum absolute atomic E-state index is 0.101. The summed E-state index contributed by atoms with van der Waals surface area (Å²) >= 11 is 0. The Bertz CT molecular complexity index is 3460. The molecule has 2 aliphatic rings. The smallest absolute Gasteiger partial charge is 0.0573 e. The topological polar surface area (TPSA) is 8.17 Å². The molecule has 0 spiro atoms. The molecule has 0 fully saturated rings. The van der Waals surface area contributed by atoms with Crippen molar-refractivity contribution in [1.29, 1.82) is 0 Å². The highest BCUT2D eigenvalue weighted by molar-refractivity contribution is 6.01. The molecule has 0 N–H and O–H groups in total. The lowest BCUT2D eigenvalue weighted by atomic mass is 9.82. The highest BCUT2D eigenvalue weighted by Gasteiger charge is 2.37. The van der Waals surface area contributed by atoms with E-state index in [-0.39, 0.29) is 5.41 Å². The van der Waals surface area contributed by atoms with E-state index in [9.17, 15) is 0 Å². The van der Waals surface area contributed by atoms with Gasteiger partial charge in [0.25, 0.3) is 0 Å². The van der Waals surface area contributed by atoms with E-state index in [1.807, 2.05) is 32.0 Å². The van der Waals surface area contributed by atoms with Crippen molar-refractivity contribution in [2.24, 2.45) is 0 Å². The molecule has 0 saturated heterocycles. The van der Waals surface area contributed by atoms with Crippen LogP contribution in [0.25, 0.3) is 67.2 Å². The van der Waals surface area contributed by atoms with E-state index in [2.05, 4.69) is 250 Å². The molecular formula is C68H62N2. The predicted molar refractivity (Wildman–Crippen MR) is 301 cm³/mol. The second-order valence-corrected chi connectivity index (χ2v) is 18.9. The Labute approximate surface area is 415 Å². The van der Waals surface area contributed by atoms with Crippen molar-refractivity contribution < 1.29 is 0 Å². The lowest BCUT2D eigenvalue weighted by Crippen LogP contribution is -2.16. The molecule has 12 rings (SSSR count). The Morgan fingerprint density at radius 1 is 0.471 bits per heavy atom. The van der Waals surface area contributed by atoms with Crippen molar-refractivity contribution in [2.45, 2.75) is 66.7 Å². The number of fused-ring (bicyclic) bond motifs is 6. The number of aryl methyl sites for hydroxylation is 3. The maximum atomic E-state index is 2.53. The first-order valence-electron chi connectivity index (χ1n) is 25.1. The molecule has 0 radical (unpaired) electrons. The zero-order valence-electron chi connectivity index (χ0n) is 41.7. The first-order valence-corrected chi connectivity index (χ1v) is 25.1. The van der Waals surface area contributed by atoms with Crippen molar-refractivity contribution in [3.63, 3.8) is 0 Å². The van der Waals surface area contributed by atoms with E-state index in [4.69, 9.17) is 0 Å². The standard InChI is InChI=1S/C59H48N2.C7H8.C2H6/c1-39-17-15-24-48(56(39)47-37-38-50-49-22-12-14-27-54(49)61(58(50)40(47)2)44-20-9-6-10-21-44)43-31-35-46(36-32-43)60(45-33-29-42(30-34-45)41-18-7-5-8-19-41)55-28-16-26-53-57(55)51-23-11-13-25-52(51)59(53,3)4;1-7-5-3-2-4-6-7;1-2/h5-13,15-26,28-38H,14,27H2,1-4H3;2-6H,1H3;1-2H3. The monoisotopic (exact) mass is 906 g/mol. The van der Waals surface area contributed by atoms with Gasteiger partial charge in [0.2, 0.25) is 0 Å². The van der Waals surface area contributed by atoms with Gasteiger partial charge < -0.3 is 9.47 Å². The first kappa shape index (κ1) is 45.8. The van der Waals surface area contributed by atoms with Gasteiger partial charge in [0.15, 0.2) is 0 Å². The zero-order chi connectivity index (χ0) is 48.4. The molecule has 70 heavy (non-hydrogen) atoms. The van der Waals surface area contributed by atoms with Crippen LogP contribution in [0, 0.1) is 20.8 Å². The molecule has 0 aliphatic heterocycles. The summed E-state index contributed by atoms with van der Waals surface area (Å²) < 4.78 is 2.53. The van der Waals surface area contributed by atoms with Crippen LogP contribution in [0.3, 0.4) is 0 Å². The van der Waals surface area contributed by atoms with Gasteiger partial charge in [-0.3, -0.25) is 0 Å². The highest BCUT2D eigenvalue weighted by atomic mass is 15.1. The van der Waals surface area contributed by atoms with Gasteiger partial charge in [-0.25, -0.2) is 0 Å². The molecule has 0 unspecified atom stereocenters. The van der Waals surface area contributed by atoms with Crippen molar-refractivity contribution in [2.75, 3.05) is 4.90 Å². The van der Waals surface area contributed by atoms with Crippen molar-refractivity contribution in [1.82, 2.24) is 4.57 Å². The molecule has 10 aromatic rings. The number of hydrogen-bond donors (Lipinski definition) is 0. The normalized spacial score (nSPS) is 12.7. The number of hydrogen-bond acceptors (Lipinski definition) is 1. The molecule has 0 bridgehead atoms. The third-order valence-corrected chi connectivity index (χ3v) is 14.4. The van der Waals surface area contributed by atoms with Crippen LogP contribution in [0.1, 0.15) is 73.2 Å². The fourth-order valence-corrected chi connectivity index (χ4v) is 11.0. The van der Waals surface area contributed by atoms with E-state index in [0.29, 0.717) is 0 Å². The predicted octanol–water partition coefficient (Wildman–Crippen LogP) is 19.0. The van der Waals surface area contributed by atoms with Crippen LogP contribution in [0.5, 0.6) is 0 Å². The van der Waals surface area contributed by atoms with Crippen LogP contribution in [0.2, 0.25) is 0 Å². The molecule has 9 aromatic carbocycles. The molecule has 0 amide bonds. The van der Waals surface area contributed by atoms with Crippen LogP contribution in [0.15, 0.2) is 218 Å². The lowest BCUT2D eigenvalue weighted by molar-refractivity contribution is 0.660. The van der Waals surface area contributed by atoms with E-state index >= 15 is 0 Å². The van der Waals surface area contributed by atoms with Gasteiger partial charge >= 0.3 is 0 Å². The summed E-state index contributed by atoms with van der Waals surface area (Å²) in [6, 6.07) is 77.5. The van der Waals surface area contributed by atoms with Gasteiger partial charge in [-0.1, -0.05) is 215 Å². The number of benzene rings is 9. The van der Waals surface area contributed by atoms with Crippen LogP contribution < -0.4 is 4.90 Å². The average molecular weight is 907 g/mol. The zero-order valence-corrected chi connectivity index (χ0v) is 41.7. The number of anilines is 3. The van der Waals surface area contributed by atoms with Crippen LogP contribution in [-0.4, -0.2) is 4.57 Å². The summed E-state index contributed by atoms with van der Waals surface area (Å²) in [5.74, 6) is 0. The van der Waals surface area contributed by atoms with Crippen LogP contribution >= 0.6 is 0 Å². The van der Waals surface area contributed by atoms with E-state index in [0.717, 1.165) is 24.2 Å². The Morgan fingerprint density at radius 2 is 1.04 bits per heavy atom. The number of allylic oxidation sites excluding steroid dienone is 1. The maximum Gasteiger partial charge on any atom is 0.0573 e. The number of rotatable bonds is 7. The molecule has 0 saturated carbocycles. The van der Waals surface area contributed by atoms with Crippen molar-refractivity contribution in [3.8, 4) is 50.2 Å². The Morgan fingerprint density at radius 3 is 1.71 bits per heavy atom. The van der Waals surface area contributed by atoms with Gasteiger partial charge in [0.05, 0.1) is 11.2 Å². The molecule has 2 nitrogen and oxygen atoms in total. The molecular weight excluding hydrogens is 845 g/mol. The van der Waals surface area contributed by atoms with E-state index < -0.39 is 0 Å². The highest BCUT2D eigenvalue weighted by Crippen LogP contribution is 2.54. The Balaban J connectivity index is 0.000000576. The minimum Gasteiger partial charge on any atom is -0.313 e. The third kappa shape index (κ3) is 8.28. The van der Waals surface area contributed by atoms with Gasteiger partial charge in [-0.15, -0.1) is 0 Å².